The van der Waals surface area contributed by atoms with Crippen molar-refractivity contribution in [1.29, 1.82) is 0 Å². The second-order valence-corrected chi connectivity index (χ2v) is 2.56. The fourth-order valence-corrected chi connectivity index (χ4v) is 1.11. The minimum atomic E-state index is -0.753. The van der Waals surface area contributed by atoms with Crippen molar-refractivity contribution in [3.05, 3.63) is 5.69 Å². The van der Waals surface area contributed by atoms with Crippen LogP contribution in [0.25, 0.3) is 5.65 Å². The fraction of sp³-hybridized carbons (Fsp3) is 0.167. The van der Waals surface area contributed by atoms with Gasteiger partial charge in [0, 0.05) is 0 Å². The van der Waals surface area contributed by atoms with Gasteiger partial charge >= 0.3 is 0 Å². The number of aromatic hydroxyl groups is 3. The molecule has 0 fully saturated rings. The summed E-state index contributed by atoms with van der Waals surface area (Å²) < 4.78 is 0.935. The van der Waals surface area contributed by atoms with E-state index in [1.54, 1.807) is 0 Å². The van der Waals surface area contributed by atoms with Crippen LogP contribution in [0.15, 0.2) is 0 Å². The molecule has 2 rings (SSSR count). The predicted molar refractivity (Wildman–Crippen MR) is 41.7 cm³/mol. The van der Waals surface area contributed by atoms with E-state index < -0.39 is 23.9 Å². The highest BCUT2D eigenvalue weighted by atomic mass is 16.3. The third kappa shape index (κ3) is 0.879. The Labute approximate surface area is 76.7 Å². The van der Waals surface area contributed by atoms with Crippen LogP contribution in [0.4, 0.5) is 0 Å². The minimum Gasteiger partial charge on any atom is -0.503 e. The zero-order valence-electron chi connectivity index (χ0n) is 6.78. The number of fused-ring (bicyclic) bond motifs is 1. The van der Waals surface area contributed by atoms with Gasteiger partial charge in [-0.2, -0.15) is 4.52 Å². The summed E-state index contributed by atoms with van der Waals surface area (Å²) >= 11 is 0. The lowest BCUT2D eigenvalue weighted by molar-refractivity contribution is 0.261. The van der Waals surface area contributed by atoms with E-state index in [4.69, 9.17) is 5.11 Å². The molecule has 0 aliphatic heterocycles. The maximum atomic E-state index is 9.31. The van der Waals surface area contributed by atoms with Crippen molar-refractivity contribution >= 4 is 5.65 Å². The fourth-order valence-electron chi connectivity index (χ4n) is 1.11. The first-order chi connectivity index (χ1) is 6.66. The van der Waals surface area contributed by atoms with E-state index in [2.05, 4.69) is 15.5 Å². The molecule has 0 unspecified atom stereocenters. The lowest BCUT2D eigenvalue weighted by atomic mass is 10.3. The molecule has 2 heterocycles. The summed E-state index contributed by atoms with van der Waals surface area (Å²) in [4.78, 5) is 0. The van der Waals surface area contributed by atoms with Gasteiger partial charge in [0.1, 0.15) is 5.69 Å². The van der Waals surface area contributed by atoms with Gasteiger partial charge in [0.15, 0.2) is 5.75 Å². The summed E-state index contributed by atoms with van der Waals surface area (Å²) in [7, 11) is 0. The molecule has 8 nitrogen and oxygen atoms in total. The van der Waals surface area contributed by atoms with Crippen molar-refractivity contribution < 1.29 is 20.4 Å². The van der Waals surface area contributed by atoms with Gasteiger partial charge in [-0.15, -0.1) is 5.10 Å². The van der Waals surface area contributed by atoms with Crippen molar-refractivity contribution in [1.82, 2.24) is 20.0 Å². The van der Waals surface area contributed by atoms with Gasteiger partial charge in [0.05, 0.1) is 6.61 Å². The van der Waals surface area contributed by atoms with Gasteiger partial charge in [-0.3, -0.25) is 0 Å². The molecule has 8 heteroatoms. The molecule has 14 heavy (non-hydrogen) atoms. The maximum absolute atomic E-state index is 9.31. The van der Waals surface area contributed by atoms with Crippen molar-refractivity contribution in [2.75, 3.05) is 0 Å². The highest BCUT2D eigenvalue weighted by Gasteiger charge is 2.19. The molecule has 0 aromatic carbocycles. The number of hydrogen-bond donors (Lipinski definition) is 4. The zero-order valence-corrected chi connectivity index (χ0v) is 6.78. The van der Waals surface area contributed by atoms with Gasteiger partial charge in [-0.1, -0.05) is 0 Å². The summed E-state index contributed by atoms with van der Waals surface area (Å²) in [5.41, 5.74) is -0.232. The smallest absolute Gasteiger partial charge is 0.225 e. The van der Waals surface area contributed by atoms with Crippen LogP contribution in [0.3, 0.4) is 0 Å². The molecule has 0 spiro atoms. The normalized spacial score (nSPS) is 10.9. The first kappa shape index (κ1) is 8.51. The molecule has 0 bridgehead atoms. The van der Waals surface area contributed by atoms with E-state index in [1.165, 1.54) is 0 Å². The molecule has 0 saturated carbocycles. The van der Waals surface area contributed by atoms with Crippen LogP contribution in [-0.4, -0.2) is 40.5 Å². The second-order valence-electron chi connectivity index (χ2n) is 2.56. The van der Waals surface area contributed by atoms with Crippen LogP contribution in [-0.2, 0) is 6.61 Å². The minimum absolute atomic E-state index is 0.0969. The molecule has 2 aromatic heterocycles. The number of hydrogen-bond acceptors (Lipinski definition) is 7. The molecular formula is C6H6N4O4. The summed E-state index contributed by atoms with van der Waals surface area (Å²) in [6, 6.07) is 0. The zero-order chi connectivity index (χ0) is 10.3. The molecule has 2 aromatic rings. The number of aromatic nitrogens is 4. The van der Waals surface area contributed by atoms with Gasteiger partial charge < -0.3 is 20.4 Å². The monoisotopic (exact) mass is 198 g/mol. The maximum Gasteiger partial charge on any atom is 0.225 e. The van der Waals surface area contributed by atoms with Gasteiger partial charge in [-0.25, -0.2) is 0 Å². The van der Waals surface area contributed by atoms with Crippen LogP contribution in [0.2, 0.25) is 0 Å². The lowest BCUT2D eigenvalue weighted by Crippen LogP contribution is -1.99. The molecule has 0 amide bonds. The number of tetrazole rings is 1. The molecule has 0 radical (unpaired) electrons. The molecule has 0 aliphatic rings. The molecule has 0 aliphatic carbocycles. The highest BCUT2D eigenvalue weighted by molar-refractivity contribution is 5.65. The number of nitrogens with zero attached hydrogens (tertiary/aromatic N) is 4. The van der Waals surface area contributed by atoms with Gasteiger partial charge in [-0.05, 0) is 10.4 Å². The number of pyridine rings is 1. The predicted octanol–water partition coefficient (Wildman–Crippen LogP) is -1.27. The number of aliphatic hydroxyl groups excluding tert-OH is 1. The van der Waals surface area contributed by atoms with Crippen LogP contribution < -0.4 is 0 Å². The second kappa shape index (κ2) is 2.70. The topological polar surface area (TPSA) is 124 Å². The summed E-state index contributed by atoms with van der Waals surface area (Å²) in [5.74, 6) is -2.04. The van der Waals surface area contributed by atoms with Crippen molar-refractivity contribution in [2.24, 2.45) is 0 Å². The average Bonchev–Trinajstić information content (AvgIpc) is 2.64. The quantitative estimate of drug-likeness (QED) is 0.450. The molecule has 0 saturated heterocycles. The largest absolute Gasteiger partial charge is 0.503 e. The van der Waals surface area contributed by atoms with E-state index in [0.717, 1.165) is 4.52 Å². The standard InChI is InChI=1S/C6H6N4O4/c11-1-2-3(12)4(13)5(14)6-7-8-9-10(2)6/h11-14H,1H2. The van der Waals surface area contributed by atoms with E-state index >= 15 is 0 Å². The Hall–Kier alpha value is -2.09. The first-order valence-corrected chi connectivity index (χ1v) is 3.61. The van der Waals surface area contributed by atoms with Crippen LogP contribution in [0.5, 0.6) is 17.2 Å². The molecule has 4 N–H and O–H groups in total. The first-order valence-electron chi connectivity index (χ1n) is 3.61. The van der Waals surface area contributed by atoms with Crippen LogP contribution in [0, 0.1) is 0 Å². The lowest BCUT2D eigenvalue weighted by Gasteiger charge is -2.06. The number of aliphatic hydroxyl groups is 1. The van der Waals surface area contributed by atoms with Crippen LogP contribution in [0.1, 0.15) is 5.69 Å². The molecule has 0 atom stereocenters. The third-order valence-electron chi connectivity index (χ3n) is 1.81. The average molecular weight is 198 g/mol. The van der Waals surface area contributed by atoms with Gasteiger partial charge in [0.2, 0.25) is 17.1 Å². The van der Waals surface area contributed by atoms with Gasteiger partial charge in [0.25, 0.3) is 0 Å². The SMILES string of the molecule is OCc1c(O)c(O)c(O)c2nnnn12. The third-order valence-corrected chi connectivity index (χ3v) is 1.81. The Morgan fingerprint density at radius 1 is 1.07 bits per heavy atom. The summed E-state index contributed by atoms with van der Waals surface area (Å²) in [5, 5.41) is 46.7. The van der Waals surface area contributed by atoms with Crippen molar-refractivity contribution in [2.45, 2.75) is 6.61 Å². The van der Waals surface area contributed by atoms with E-state index in [9.17, 15) is 15.3 Å². The Bertz CT molecular complexity index is 494. The molecule has 74 valence electrons. The Balaban J connectivity index is 2.95. The van der Waals surface area contributed by atoms with Crippen molar-refractivity contribution in [3.8, 4) is 17.2 Å². The summed E-state index contributed by atoms with van der Waals surface area (Å²) in [6.45, 7) is -0.568. The Kier molecular flexibility index (Phi) is 1.64. The highest BCUT2D eigenvalue weighted by Crippen LogP contribution is 2.39. The van der Waals surface area contributed by atoms with Crippen LogP contribution >= 0.6 is 0 Å². The van der Waals surface area contributed by atoms with Crippen molar-refractivity contribution in [3.63, 3.8) is 0 Å². The number of rotatable bonds is 1. The van der Waals surface area contributed by atoms with E-state index in [-0.39, 0.29) is 11.3 Å². The molecular weight excluding hydrogens is 192 g/mol. The summed E-state index contributed by atoms with van der Waals surface area (Å²) in [6.07, 6.45) is 0. The Morgan fingerprint density at radius 2 is 1.79 bits per heavy atom. The van der Waals surface area contributed by atoms with E-state index in [1.807, 2.05) is 0 Å². The van der Waals surface area contributed by atoms with E-state index in [0.29, 0.717) is 0 Å². The Morgan fingerprint density at radius 3 is 2.43 bits per heavy atom.